The van der Waals surface area contributed by atoms with Crippen LogP contribution in [0.1, 0.15) is 58.8 Å². The molecule has 0 aromatic heterocycles. The SMILES string of the molecule is C1CCC1.CC1CCC(=O)CC1C. The van der Waals surface area contributed by atoms with Gasteiger partial charge in [-0.05, 0) is 18.3 Å². The van der Waals surface area contributed by atoms with Gasteiger partial charge in [-0.1, -0.05) is 39.5 Å². The van der Waals surface area contributed by atoms with Crippen LogP contribution in [-0.2, 0) is 4.79 Å². The van der Waals surface area contributed by atoms with Gasteiger partial charge in [-0.3, -0.25) is 4.79 Å². The average molecular weight is 182 g/mol. The first kappa shape index (κ1) is 10.7. The van der Waals surface area contributed by atoms with E-state index in [-0.39, 0.29) is 0 Å². The molecule has 2 saturated carbocycles. The molecule has 1 heteroatoms. The summed E-state index contributed by atoms with van der Waals surface area (Å²) in [5, 5.41) is 0. The van der Waals surface area contributed by atoms with Gasteiger partial charge in [0.2, 0.25) is 0 Å². The summed E-state index contributed by atoms with van der Waals surface area (Å²) in [4.78, 5) is 10.8. The van der Waals surface area contributed by atoms with Crippen LogP contribution in [0.4, 0.5) is 0 Å². The number of Topliss-reactive ketones (excluding diaryl/α,β-unsaturated/α-hetero) is 1. The zero-order valence-electron chi connectivity index (χ0n) is 9.01. The van der Waals surface area contributed by atoms with Crippen LogP contribution < -0.4 is 0 Å². The Bertz CT molecular complexity index is 155. The molecule has 0 radical (unpaired) electrons. The first-order chi connectivity index (χ1) is 6.20. The van der Waals surface area contributed by atoms with Crippen molar-refractivity contribution in [2.45, 2.75) is 58.8 Å². The second-order valence-corrected chi connectivity index (χ2v) is 4.65. The van der Waals surface area contributed by atoms with Gasteiger partial charge in [0, 0.05) is 12.8 Å². The van der Waals surface area contributed by atoms with Crippen LogP contribution in [0.15, 0.2) is 0 Å². The average Bonchev–Trinajstić information content (AvgIpc) is 1.94. The van der Waals surface area contributed by atoms with Crippen LogP contribution in [0.3, 0.4) is 0 Å². The zero-order valence-corrected chi connectivity index (χ0v) is 9.01. The lowest BCUT2D eigenvalue weighted by atomic mass is 9.81. The van der Waals surface area contributed by atoms with Gasteiger partial charge in [0.25, 0.3) is 0 Å². The Morgan fingerprint density at radius 2 is 1.54 bits per heavy atom. The van der Waals surface area contributed by atoms with Crippen molar-refractivity contribution in [3.8, 4) is 0 Å². The Morgan fingerprint density at radius 3 is 1.85 bits per heavy atom. The molecular weight excluding hydrogens is 160 g/mol. The summed E-state index contributed by atoms with van der Waals surface area (Å²) in [6, 6.07) is 0. The second kappa shape index (κ2) is 5.41. The Labute approximate surface area is 81.9 Å². The van der Waals surface area contributed by atoms with Crippen molar-refractivity contribution in [3.63, 3.8) is 0 Å². The molecule has 2 aliphatic rings. The minimum atomic E-state index is 0.459. The van der Waals surface area contributed by atoms with E-state index in [1.807, 2.05) is 0 Å². The summed E-state index contributed by atoms with van der Waals surface area (Å²) in [5.41, 5.74) is 0. The van der Waals surface area contributed by atoms with E-state index in [0.29, 0.717) is 11.7 Å². The van der Waals surface area contributed by atoms with Gasteiger partial charge in [0.05, 0.1) is 0 Å². The Kier molecular flexibility index (Phi) is 4.47. The highest BCUT2D eigenvalue weighted by atomic mass is 16.1. The predicted octanol–water partition coefficient (Wildman–Crippen LogP) is 3.57. The molecule has 2 unspecified atom stereocenters. The fourth-order valence-electron chi connectivity index (χ4n) is 1.59. The van der Waals surface area contributed by atoms with E-state index in [0.717, 1.165) is 25.2 Å². The highest BCUT2D eigenvalue weighted by molar-refractivity contribution is 5.79. The molecule has 0 aromatic rings. The Hall–Kier alpha value is -0.330. The van der Waals surface area contributed by atoms with E-state index in [4.69, 9.17) is 0 Å². The molecule has 0 saturated heterocycles. The summed E-state index contributed by atoms with van der Waals surface area (Å²) >= 11 is 0. The predicted molar refractivity (Wildman–Crippen MR) is 55.7 cm³/mol. The molecule has 0 bridgehead atoms. The van der Waals surface area contributed by atoms with Crippen molar-refractivity contribution < 1.29 is 4.79 Å². The zero-order chi connectivity index (χ0) is 9.68. The van der Waals surface area contributed by atoms with Gasteiger partial charge in [-0.2, -0.15) is 0 Å². The molecule has 2 aliphatic carbocycles. The lowest BCUT2D eigenvalue weighted by Crippen LogP contribution is -2.19. The van der Waals surface area contributed by atoms with E-state index in [9.17, 15) is 4.79 Å². The van der Waals surface area contributed by atoms with Crippen molar-refractivity contribution >= 4 is 5.78 Å². The molecule has 0 aliphatic heterocycles. The molecule has 13 heavy (non-hydrogen) atoms. The van der Waals surface area contributed by atoms with Crippen LogP contribution in [0, 0.1) is 11.8 Å². The van der Waals surface area contributed by atoms with Crippen molar-refractivity contribution in [2.75, 3.05) is 0 Å². The summed E-state index contributed by atoms with van der Waals surface area (Å²) < 4.78 is 0. The fourth-order valence-corrected chi connectivity index (χ4v) is 1.59. The number of hydrogen-bond donors (Lipinski definition) is 0. The van der Waals surface area contributed by atoms with Crippen LogP contribution in [0.5, 0.6) is 0 Å². The first-order valence-electron chi connectivity index (χ1n) is 5.72. The van der Waals surface area contributed by atoms with Crippen LogP contribution >= 0.6 is 0 Å². The number of carbonyl (C=O) groups is 1. The number of rotatable bonds is 0. The molecule has 2 fully saturated rings. The second-order valence-electron chi connectivity index (χ2n) is 4.65. The maximum atomic E-state index is 10.8. The third-order valence-electron chi connectivity index (χ3n) is 3.40. The maximum Gasteiger partial charge on any atom is 0.133 e. The Morgan fingerprint density at radius 1 is 1.00 bits per heavy atom. The summed E-state index contributed by atoms with van der Waals surface area (Å²) in [6.45, 7) is 4.40. The third kappa shape index (κ3) is 3.93. The smallest absolute Gasteiger partial charge is 0.133 e. The molecular formula is C12H22O. The van der Waals surface area contributed by atoms with Gasteiger partial charge in [-0.25, -0.2) is 0 Å². The normalized spacial score (nSPS) is 32.9. The number of ketones is 1. The van der Waals surface area contributed by atoms with E-state index < -0.39 is 0 Å². The van der Waals surface area contributed by atoms with E-state index in [2.05, 4.69) is 13.8 Å². The van der Waals surface area contributed by atoms with E-state index >= 15 is 0 Å². The molecule has 0 N–H and O–H groups in total. The van der Waals surface area contributed by atoms with E-state index in [1.165, 1.54) is 25.7 Å². The number of hydrogen-bond acceptors (Lipinski definition) is 1. The lowest BCUT2D eigenvalue weighted by molar-refractivity contribution is -0.122. The fraction of sp³-hybridized carbons (Fsp3) is 0.917. The summed E-state index contributed by atoms with van der Waals surface area (Å²) in [6.07, 6.45) is 8.76. The molecule has 0 spiro atoms. The highest BCUT2D eigenvalue weighted by Crippen LogP contribution is 2.26. The monoisotopic (exact) mass is 182 g/mol. The Balaban J connectivity index is 0.000000175. The molecule has 2 atom stereocenters. The largest absolute Gasteiger partial charge is 0.300 e. The van der Waals surface area contributed by atoms with Crippen LogP contribution in [0.25, 0.3) is 0 Å². The molecule has 1 nitrogen and oxygen atoms in total. The van der Waals surface area contributed by atoms with E-state index in [1.54, 1.807) is 0 Å². The first-order valence-corrected chi connectivity index (χ1v) is 5.72. The van der Waals surface area contributed by atoms with Gasteiger partial charge in [0.15, 0.2) is 0 Å². The van der Waals surface area contributed by atoms with Crippen LogP contribution in [0.2, 0.25) is 0 Å². The maximum absolute atomic E-state index is 10.8. The van der Waals surface area contributed by atoms with Crippen molar-refractivity contribution in [1.82, 2.24) is 0 Å². The molecule has 0 amide bonds. The third-order valence-corrected chi connectivity index (χ3v) is 3.40. The standard InChI is InChI=1S/C8H14O.C4H8/c1-6-3-4-8(9)5-7(6)2;1-2-4-3-1/h6-7H,3-5H2,1-2H3;1-4H2. The van der Waals surface area contributed by atoms with Gasteiger partial charge in [-0.15, -0.1) is 0 Å². The van der Waals surface area contributed by atoms with Crippen molar-refractivity contribution in [3.05, 3.63) is 0 Å². The summed E-state index contributed by atoms with van der Waals surface area (Å²) in [7, 11) is 0. The number of carbonyl (C=O) groups excluding carboxylic acids is 1. The van der Waals surface area contributed by atoms with Gasteiger partial charge < -0.3 is 0 Å². The lowest BCUT2D eigenvalue weighted by Gasteiger charge is -2.23. The topological polar surface area (TPSA) is 17.1 Å². The van der Waals surface area contributed by atoms with Crippen LogP contribution in [-0.4, -0.2) is 5.78 Å². The quantitative estimate of drug-likeness (QED) is 0.559. The van der Waals surface area contributed by atoms with Gasteiger partial charge >= 0.3 is 0 Å². The molecule has 76 valence electrons. The highest BCUT2D eigenvalue weighted by Gasteiger charge is 2.21. The minimum Gasteiger partial charge on any atom is -0.300 e. The van der Waals surface area contributed by atoms with Crippen molar-refractivity contribution in [2.24, 2.45) is 11.8 Å². The molecule has 2 rings (SSSR count). The summed E-state index contributed by atoms with van der Waals surface area (Å²) in [5.74, 6) is 1.86. The van der Waals surface area contributed by atoms with Crippen molar-refractivity contribution in [1.29, 1.82) is 0 Å². The molecule has 0 aromatic carbocycles. The molecule has 0 heterocycles. The van der Waals surface area contributed by atoms with Gasteiger partial charge in [0.1, 0.15) is 5.78 Å². The minimum absolute atomic E-state index is 0.459.